The zero-order valence-electron chi connectivity index (χ0n) is 14.5. The van der Waals surface area contributed by atoms with Gasteiger partial charge in [0, 0.05) is 5.02 Å². The largest absolute Gasteiger partial charge is 0.486 e. The van der Waals surface area contributed by atoms with Gasteiger partial charge in [0.05, 0.1) is 17.3 Å². The molecule has 0 aliphatic heterocycles. The number of aromatic nitrogens is 2. The van der Waals surface area contributed by atoms with Gasteiger partial charge in [-0.15, -0.1) is 0 Å². The summed E-state index contributed by atoms with van der Waals surface area (Å²) in [6.07, 6.45) is 0. The molecule has 0 atom stereocenters. The smallest absolute Gasteiger partial charge is 0.330 e. The van der Waals surface area contributed by atoms with Gasteiger partial charge < -0.3 is 9.47 Å². The number of ether oxygens (including phenoxy) is 2. The Bertz CT molecular complexity index is 1080. The maximum atomic E-state index is 12.3. The van der Waals surface area contributed by atoms with Crippen LogP contribution in [0.3, 0.4) is 0 Å². The molecule has 0 spiro atoms. The molecule has 28 heavy (non-hydrogen) atoms. The summed E-state index contributed by atoms with van der Waals surface area (Å²) in [7, 11) is 0. The van der Waals surface area contributed by atoms with Gasteiger partial charge in [-0.05, 0) is 39.7 Å². The van der Waals surface area contributed by atoms with Crippen molar-refractivity contribution >= 4 is 39.1 Å². The first kappa shape index (κ1) is 20.7. The summed E-state index contributed by atoms with van der Waals surface area (Å²) >= 11 is 15.2. The normalized spacial score (nSPS) is 10.8. The van der Waals surface area contributed by atoms with Crippen LogP contribution in [0.2, 0.25) is 10.0 Å². The zero-order valence-corrected chi connectivity index (χ0v) is 17.6. The van der Waals surface area contributed by atoms with Crippen molar-refractivity contribution in [2.75, 3.05) is 0 Å². The van der Waals surface area contributed by atoms with E-state index < -0.39 is 11.2 Å². The minimum atomic E-state index is -0.595. The molecule has 146 valence electrons. The van der Waals surface area contributed by atoms with Crippen molar-refractivity contribution < 1.29 is 9.47 Å². The van der Waals surface area contributed by atoms with E-state index in [0.717, 1.165) is 5.56 Å². The van der Waals surface area contributed by atoms with Crippen molar-refractivity contribution in [3.05, 3.63) is 95.1 Å². The number of nitrogens with zero attached hydrogens (tertiary/aromatic N) is 1. The second kappa shape index (κ2) is 9.43. The first-order valence-corrected chi connectivity index (χ1v) is 9.71. The van der Waals surface area contributed by atoms with E-state index in [-0.39, 0.29) is 17.8 Å². The number of aromatic amines is 1. The minimum absolute atomic E-state index is 0.0594. The predicted molar refractivity (Wildman–Crippen MR) is 111 cm³/mol. The highest BCUT2D eigenvalue weighted by atomic mass is 79.9. The average Bonchev–Trinajstić information content (AvgIpc) is 2.67. The van der Waals surface area contributed by atoms with Crippen LogP contribution in [-0.4, -0.2) is 9.55 Å². The lowest BCUT2D eigenvalue weighted by molar-refractivity contribution is 0.0565. The molecule has 0 aliphatic carbocycles. The summed E-state index contributed by atoms with van der Waals surface area (Å²) in [5.74, 6) is 0.377. The quantitative estimate of drug-likeness (QED) is 0.539. The third-order valence-electron chi connectivity index (χ3n) is 3.83. The molecule has 1 N–H and O–H groups in total. The molecule has 1 heterocycles. The van der Waals surface area contributed by atoms with Crippen molar-refractivity contribution in [3.8, 4) is 5.75 Å². The lowest BCUT2D eigenvalue weighted by atomic mass is 10.2. The fraction of sp³-hybridized carbons (Fsp3) is 0.158. The van der Waals surface area contributed by atoms with E-state index >= 15 is 0 Å². The van der Waals surface area contributed by atoms with E-state index in [1.165, 1.54) is 4.57 Å². The van der Waals surface area contributed by atoms with Gasteiger partial charge in [0.25, 0.3) is 5.56 Å². The second-order valence-electron chi connectivity index (χ2n) is 5.77. The molecule has 2 aromatic carbocycles. The van der Waals surface area contributed by atoms with Gasteiger partial charge in [-0.1, -0.05) is 53.5 Å². The van der Waals surface area contributed by atoms with Crippen molar-refractivity contribution in [1.82, 2.24) is 9.55 Å². The monoisotopic (exact) mass is 484 g/mol. The molecule has 3 aromatic rings. The summed E-state index contributed by atoms with van der Waals surface area (Å²) < 4.78 is 12.8. The van der Waals surface area contributed by atoms with Crippen LogP contribution in [0.15, 0.2) is 62.6 Å². The Balaban J connectivity index is 1.80. The highest BCUT2D eigenvalue weighted by Gasteiger charge is 2.15. The topological polar surface area (TPSA) is 73.3 Å². The molecule has 0 amide bonds. The molecule has 0 aliphatic rings. The molecule has 0 fully saturated rings. The van der Waals surface area contributed by atoms with Gasteiger partial charge in [0.2, 0.25) is 0 Å². The Hall–Kier alpha value is -2.06. The standard InChI is InChI=1S/C19H15BrCl2N2O4/c20-17-15(10-28-16-7-6-13(21)8-14(16)22)24(19(26)23-18(17)25)11-27-9-12-4-2-1-3-5-12/h1-8H,9-11H2,(H,23,25,26). The van der Waals surface area contributed by atoms with Crippen LogP contribution < -0.4 is 16.0 Å². The van der Waals surface area contributed by atoms with Crippen molar-refractivity contribution in [2.45, 2.75) is 19.9 Å². The number of halogens is 3. The summed E-state index contributed by atoms with van der Waals surface area (Å²) in [6.45, 7) is 0.180. The summed E-state index contributed by atoms with van der Waals surface area (Å²) in [5.41, 5.74) is 0.143. The Labute approximate surface area is 178 Å². The molecule has 3 rings (SSSR count). The molecule has 9 heteroatoms. The highest BCUT2D eigenvalue weighted by molar-refractivity contribution is 9.10. The van der Waals surface area contributed by atoms with Gasteiger partial charge >= 0.3 is 5.69 Å². The molecule has 0 saturated carbocycles. The molecule has 0 bridgehead atoms. The number of hydrogen-bond acceptors (Lipinski definition) is 4. The van der Waals surface area contributed by atoms with Gasteiger partial charge in [0.1, 0.15) is 23.6 Å². The van der Waals surface area contributed by atoms with Crippen LogP contribution in [0.1, 0.15) is 11.3 Å². The van der Waals surface area contributed by atoms with Gasteiger partial charge in [0.15, 0.2) is 0 Å². The van der Waals surface area contributed by atoms with Gasteiger partial charge in [-0.3, -0.25) is 14.3 Å². The number of H-pyrrole nitrogens is 1. The number of hydrogen-bond donors (Lipinski definition) is 1. The molecule has 0 unspecified atom stereocenters. The molecule has 1 aromatic heterocycles. The highest BCUT2D eigenvalue weighted by Crippen LogP contribution is 2.28. The Morgan fingerprint density at radius 2 is 1.79 bits per heavy atom. The predicted octanol–water partition coefficient (Wildman–Crippen LogP) is 4.36. The van der Waals surface area contributed by atoms with E-state index in [2.05, 4.69) is 20.9 Å². The number of nitrogens with one attached hydrogen (secondary N) is 1. The molecule has 0 radical (unpaired) electrons. The van der Waals surface area contributed by atoms with Crippen LogP contribution in [0, 0.1) is 0 Å². The Morgan fingerprint density at radius 1 is 1.04 bits per heavy atom. The van der Waals surface area contributed by atoms with E-state index in [9.17, 15) is 9.59 Å². The molecular formula is C19H15BrCl2N2O4. The molecular weight excluding hydrogens is 471 g/mol. The first-order valence-electron chi connectivity index (χ1n) is 8.16. The van der Waals surface area contributed by atoms with Gasteiger partial charge in [-0.25, -0.2) is 4.79 Å². The molecule has 0 saturated heterocycles. The Morgan fingerprint density at radius 3 is 2.50 bits per heavy atom. The maximum Gasteiger partial charge on any atom is 0.330 e. The lowest BCUT2D eigenvalue weighted by Gasteiger charge is -2.15. The maximum absolute atomic E-state index is 12.3. The van der Waals surface area contributed by atoms with Crippen LogP contribution >= 0.6 is 39.1 Å². The Kier molecular flexibility index (Phi) is 6.96. The van der Waals surface area contributed by atoms with Crippen molar-refractivity contribution in [3.63, 3.8) is 0 Å². The van der Waals surface area contributed by atoms with Crippen LogP contribution in [0.4, 0.5) is 0 Å². The third-order valence-corrected chi connectivity index (χ3v) is 5.18. The van der Waals surface area contributed by atoms with E-state index in [1.807, 2.05) is 30.3 Å². The fourth-order valence-electron chi connectivity index (χ4n) is 2.44. The lowest BCUT2D eigenvalue weighted by Crippen LogP contribution is -2.34. The van der Waals surface area contributed by atoms with E-state index in [1.54, 1.807) is 18.2 Å². The summed E-state index contributed by atoms with van der Waals surface area (Å²) in [6, 6.07) is 14.3. The number of rotatable bonds is 7. The second-order valence-corrected chi connectivity index (χ2v) is 7.41. The van der Waals surface area contributed by atoms with E-state index in [4.69, 9.17) is 32.7 Å². The van der Waals surface area contributed by atoms with Crippen LogP contribution in [0.25, 0.3) is 0 Å². The minimum Gasteiger partial charge on any atom is -0.486 e. The summed E-state index contributed by atoms with van der Waals surface area (Å²) in [4.78, 5) is 26.5. The fourth-order valence-corrected chi connectivity index (χ4v) is 3.33. The third kappa shape index (κ3) is 5.05. The van der Waals surface area contributed by atoms with Gasteiger partial charge in [-0.2, -0.15) is 0 Å². The van der Waals surface area contributed by atoms with Crippen molar-refractivity contribution in [2.24, 2.45) is 0 Å². The average molecular weight is 486 g/mol. The zero-order chi connectivity index (χ0) is 20.1. The summed E-state index contributed by atoms with van der Waals surface area (Å²) in [5, 5.41) is 0.795. The number of benzene rings is 2. The first-order chi connectivity index (χ1) is 13.5. The van der Waals surface area contributed by atoms with E-state index in [0.29, 0.717) is 28.1 Å². The van der Waals surface area contributed by atoms with Crippen LogP contribution in [-0.2, 0) is 24.7 Å². The molecule has 6 nitrogen and oxygen atoms in total. The van der Waals surface area contributed by atoms with Crippen LogP contribution in [0.5, 0.6) is 5.75 Å². The SMILES string of the molecule is O=c1[nH]c(=O)n(COCc2ccccc2)c(COc2ccc(Cl)cc2Cl)c1Br. The van der Waals surface area contributed by atoms with Crippen molar-refractivity contribution in [1.29, 1.82) is 0 Å².